The van der Waals surface area contributed by atoms with E-state index in [9.17, 15) is 9.59 Å². The summed E-state index contributed by atoms with van der Waals surface area (Å²) < 4.78 is 0. The third kappa shape index (κ3) is 3.56. The lowest BCUT2D eigenvalue weighted by atomic mass is 10.1. The van der Waals surface area contributed by atoms with Crippen LogP contribution in [0.2, 0.25) is 0 Å². The molecule has 1 aliphatic rings. The Labute approximate surface area is 113 Å². The molecular weight excluding hydrogens is 240 g/mol. The molecule has 102 valence electrons. The summed E-state index contributed by atoms with van der Waals surface area (Å²) in [4.78, 5) is 25.3. The fourth-order valence-electron chi connectivity index (χ4n) is 2.26. The number of piperidine rings is 1. The Kier molecular flexibility index (Phi) is 4.20. The van der Waals surface area contributed by atoms with Crippen LogP contribution in [0.25, 0.3) is 0 Å². The fourth-order valence-corrected chi connectivity index (χ4v) is 2.26. The molecule has 0 saturated carbocycles. The Morgan fingerprint density at radius 2 is 2.11 bits per heavy atom. The molecule has 19 heavy (non-hydrogen) atoms. The molecule has 1 aromatic rings. The first-order valence-corrected chi connectivity index (χ1v) is 6.71. The summed E-state index contributed by atoms with van der Waals surface area (Å²) in [5, 5.41) is 2.89. The molecular formula is C15H20N2O2. The van der Waals surface area contributed by atoms with Crippen molar-refractivity contribution in [2.24, 2.45) is 0 Å². The maximum atomic E-state index is 12.0. The second-order valence-corrected chi connectivity index (χ2v) is 5.14. The lowest BCUT2D eigenvalue weighted by Crippen LogP contribution is -2.40. The topological polar surface area (TPSA) is 49.4 Å². The van der Waals surface area contributed by atoms with Crippen molar-refractivity contribution >= 4 is 17.5 Å². The van der Waals surface area contributed by atoms with Crippen molar-refractivity contribution in [2.75, 3.05) is 18.4 Å². The van der Waals surface area contributed by atoms with E-state index in [-0.39, 0.29) is 18.4 Å². The number of nitrogens with zero attached hydrogens (tertiary/aromatic N) is 1. The molecule has 4 heteroatoms. The van der Waals surface area contributed by atoms with Gasteiger partial charge in [0, 0.05) is 18.7 Å². The number of benzene rings is 1. The summed E-state index contributed by atoms with van der Waals surface area (Å²) in [7, 11) is 0. The van der Waals surface area contributed by atoms with Crippen molar-refractivity contribution in [2.45, 2.75) is 33.1 Å². The van der Waals surface area contributed by atoms with Crippen molar-refractivity contribution in [3.8, 4) is 0 Å². The zero-order chi connectivity index (χ0) is 13.8. The molecule has 1 heterocycles. The molecule has 0 spiro atoms. The summed E-state index contributed by atoms with van der Waals surface area (Å²) in [6.45, 7) is 4.80. The molecule has 2 rings (SSSR count). The number of anilines is 1. The number of carbonyl (C=O) groups is 2. The van der Waals surface area contributed by atoms with Gasteiger partial charge in [0.05, 0.1) is 6.54 Å². The standard InChI is InChI=1S/C15H20N2O2/c1-11-6-7-12(2)13(9-11)16-14(18)10-17-8-4-3-5-15(17)19/h6-7,9H,3-5,8,10H2,1-2H3,(H,16,18). The maximum Gasteiger partial charge on any atom is 0.244 e. The summed E-state index contributed by atoms with van der Waals surface area (Å²) in [5.41, 5.74) is 2.97. The van der Waals surface area contributed by atoms with Crippen molar-refractivity contribution < 1.29 is 9.59 Å². The van der Waals surface area contributed by atoms with Crippen molar-refractivity contribution in [3.05, 3.63) is 29.3 Å². The van der Waals surface area contributed by atoms with Gasteiger partial charge in [0.25, 0.3) is 0 Å². The van der Waals surface area contributed by atoms with Crippen LogP contribution >= 0.6 is 0 Å². The van der Waals surface area contributed by atoms with Gasteiger partial charge in [-0.2, -0.15) is 0 Å². The fraction of sp³-hybridized carbons (Fsp3) is 0.467. The zero-order valence-corrected chi connectivity index (χ0v) is 11.5. The van der Waals surface area contributed by atoms with Gasteiger partial charge in [0.15, 0.2) is 0 Å². The number of nitrogens with one attached hydrogen (secondary N) is 1. The molecule has 0 aromatic heterocycles. The zero-order valence-electron chi connectivity index (χ0n) is 11.5. The number of hydrogen-bond acceptors (Lipinski definition) is 2. The molecule has 1 aliphatic heterocycles. The molecule has 0 radical (unpaired) electrons. The molecule has 2 amide bonds. The lowest BCUT2D eigenvalue weighted by molar-refractivity contribution is -0.136. The van der Waals surface area contributed by atoms with Crippen LogP contribution in [0, 0.1) is 13.8 Å². The average molecular weight is 260 g/mol. The van der Waals surface area contributed by atoms with E-state index in [1.807, 2.05) is 32.0 Å². The highest BCUT2D eigenvalue weighted by molar-refractivity contribution is 5.95. The molecule has 4 nitrogen and oxygen atoms in total. The van der Waals surface area contributed by atoms with Crippen LogP contribution in [-0.4, -0.2) is 29.8 Å². The third-order valence-corrected chi connectivity index (χ3v) is 3.42. The minimum Gasteiger partial charge on any atom is -0.333 e. The van der Waals surface area contributed by atoms with Crippen molar-refractivity contribution in [1.82, 2.24) is 4.90 Å². The van der Waals surface area contributed by atoms with Crippen LogP contribution in [0.5, 0.6) is 0 Å². The second kappa shape index (κ2) is 5.87. The molecule has 0 aliphatic carbocycles. The largest absolute Gasteiger partial charge is 0.333 e. The highest BCUT2D eigenvalue weighted by Crippen LogP contribution is 2.16. The molecule has 1 N–H and O–H groups in total. The van der Waals surface area contributed by atoms with Gasteiger partial charge < -0.3 is 10.2 Å². The smallest absolute Gasteiger partial charge is 0.244 e. The number of rotatable bonds is 3. The Bertz CT molecular complexity index is 497. The van der Waals surface area contributed by atoms with Crippen LogP contribution in [-0.2, 0) is 9.59 Å². The molecule has 1 saturated heterocycles. The Morgan fingerprint density at radius 1 is 1.32 bits per heavy atom. The number of hydrogen-bond donors (Lipinski definition) is 1. The molecule has 0 unspecified atom stereocenters. The van der Waals surface area contributed by atoms with Gasteiger partial charge in [-0.1, -0.05) is 12.1 Å². The number of likely N-dealkylation sites (tertiary alicyclic amines) is 1. The third-order valence-electron chi connectivity index (χ3n) is 3.42. The molecule has 0 atom stereocenters. The number of carbonyl (C=O) groups excluding carboxylic acids is 2. The van der Waals surface area contributed by atoms with E-state index in [4.69, 9.17) is 0 Å². The maximum absolute atomic E-state index is 12.0. The minimum atomic E-state index is -0.121. The summed E-state index contributed by atoms with van der Waals surface area (Å²) in [5.74, 6) is -0.0358. The second-order valence-electron chi connectivity index (χ2n) is 5.14. The first kappa shape index (κ1) is 13.6. The summed E-state index contributed by atoms with van der Waals surface area (Å²) in [6.07, 6.45) is 2.49. The van der Waals surface area contributed by atoms with Crippen molar-refractivity contribution in [3.63, 3.8) is 0 Å². The van der Waals surface area contributed by atoms with Gasteiger partial charge in [0.1, 0.15) is 0 Å². The van der Waals surface area contributed by atoms with Gasteiger partial charge in [0.2, 0.25) is 11.8 Å². The Balaban J connectivity index is 1.97. The van der Waals surface area contributed by atoms with Crippen LogP contribution < -0.4 is 5.32 Å². The van der Waals surface area contributed by atoms with Crippen molar-refractivity contribution in [1.29, 1.82) is 0 Å². The van der Waals surface area contributed by atoms with E-state index in [0.29, 0.717) is 13.0 Å². The highest BCUT2D eigenvalue weighted by Gasteiger charge is 2.20. The van der Waals surface area contributed by atoms with Crippen LogP contribution in [0.1, 0.15) is 30.4 Å². The van der Waals surface area contributed by atoms with Gasteiger partial charge in [-0.05, 0) is 43.9 Å². The van der Waals surface area contributed by atoms with Gasteiger partial charge in [-0.3, -0.25) is 9.59 Å². The van der Waals surface area contributed by atoms with E-state index in [1.165, 1.54) is 0 Å². The normalized spacial score (nSPS) is 15.5. The van der Waals surface area contributed by atoms with Crippen LogP contribution in [0.4, 0.5) is 5.69 Å². The van der Waals surface area contributed by atoms with Gasteiger partial charge >= 0.3 is 0 Å². The minimum absolute atomic E-state index is 0.0855. The van der Waals surface area contributed by atoms with Gasteiger partial charge in [-0.15, -0.1) is 0 Å². The number of amides is 2. The quantitative estimate of drug-likeness (QED) is 0.906. The van der Waals surface area contributed by atoms with E-state index < -0.39 is 0 Å². The first-order valence-electron chi connectivity index (χ1n) is 6.71. The Morgan fingerprint density at radius 3 is 2.84 bits per heavy atom. The SMILES string of the molecule is Cc1ccc(C)c(NC(=O)CN2CCCCC2=O)c1. The predicted octanol–water partition coefficient (Wildman–Crippen LogP) is 2.25. The monoisotopic (exact) mass is 260 g/mol. The van der Waals surface area contributed by atoms with E-state index >= 15 is 0 Å². The van der Waals surface area contributed by atoms with E-state index in [2.05, 4.69) is 5.32 Å². The highest BCUT2D eigenvalue weighted by atomic mass is 16.2. The summed E-state index contributed by atoms with van der Waals surface area (Å²) >= 11 is 0. The number of aryl methyl sites for hydroxylation is 2. The molecule has 0 bridgehead atoms. The Hall–Kier alpha value is -1.84. The lowest BCUT2D eigenvalue weighted by Gasteiger charge is -2.26. The first-order chi connectivity index (χ1) is 9.06. The van der Waals surface area contributed by atoms with Gasteiger partial charge in [-0.25, -0.2) is 0 Å². The van der Waals surface area contributed by atoms with E-state index in [0.717, 1.165) is 29.7 Å². The summed E-state index contributed by atoms with van der Waals surface area (Å²) in [6, 6.07) is 5.95. The predicted molar refractivity (Wildman–Crippen MR) is 75.0 cm³/mol. The molecule has 1 fully saturated rings. The van der Waals surface area contributed by atoms with Crippen LogP contribution in [0.3, 0.4) is 0 Å². The van der Waals surface area contributed by atoms with Crippen LogP contribution in [0.15, 0.2) is 18.2 Å². The van der Waals surface area contributed by atoms with E-state index in [1.54, 1.807) is 4.90 Å². The average Bonchev–Trinajstić information content (AvgIpc) is 2.37. The molecule has 1 aromatic carbocycles.